The van der Waals surface area contributed by atoms with Crippen LogP contribution >= 0.6 is 11.3 Å². The van der Waals surface area contributed by atoms with Crippen LogP contribution in [0.15, 0.2) is 168 Å². The van der Waals surface area contributed by atoms with Crippen molar-refractivity contribution >= 4 is 53.4 Å². The van der Waals surface area contributed by atoms with Crippen molar-refractivity contribution < 1.29 is 4.42 Å². The van der Waals surface area contributed by atoms with Gasteiger partial charge in [-0.3, -0.25) is 4.98 Å². The lowest BCUT2D eigenvalue weighted by Crippen LogP contribution is -1.97. The summed E-state index contributed by atoms with van der Waals surface area (Å²) in [6.45, 7) is 0. The van der Waals surface area contributed by atoms with Gasteiger partial charge in [0.1, 0.15) is 11.2 Å². The normalized spacial score (nSPS) is 11.6. The minimum absolute atomic E-state index is 0.654. The number of aromatic nitrogens is 3. The molecule has 0 saturated carbocycles. The summed E-state index contributed by atoms with van der Waals surface area (Å²) in [6.07, 6.45) is 3.64. The first-order valence-corrected chi connectivity index (χ1v) is 17.4. The highest BCUT2D eigenvalue weighted by Gasteiger charge is 2.22. The Labute approximate surface area is 292 Å². The molecule has 234 valence electrons. The first-order valence-electron chi connectivity index (χ1n) is 16.6. The Bertz CT molecular complexity index is 2860. The molecular weight excluding hydrogens is 631 g/mol. The highest BCUT2D eigenvalue weighted by atomic mass is 32.1. The molecule has 0 aliphatic heterocycles. The molecule has 4 aromatic heterocycles. The molecule has 4 heterocycles. The summed E-state index contributed by atoms with van der Waals surface area (Å²) in [4.78, 5) is 14.7. The van der Waals surface area contributed by atoms with Crippen LogP contribution in [0, 0.1) is 0 Å². The molecule has 10 aromatic rings. The molecule has 0 atom stereocenters. The van der Waals surface area contributed by atoms with E-state index in [1.807, 2.05) is 66.2 Å². The van der Waals surface area contributed by atoms with Gasteiger partial charge in [-0.2, -0.15) is 0 Å². The second-order valence-electron chi connectivity index (χ2n) is 12.4. The van der Waals surface area contributed by atoms with E-state index in [-0.39, 0.29) is 0 Å². The molecule has 50 heavy (non-hydrogen) atoms. The van der Waals surface area contributed by atoms with E-state index in [1.54, 1.807) is 0 Å². The molecule has 0 N–H and O–H groups in total. The van der Waals surface area contributed by atoms with Gasteiger partial charge in [-0.05, 0) is 65.2 Å². The summed E-state index contributed by atoms with van der Waals surface area (Å²) in [6, 6.07) is 52.8. The van der Waals surface area contributed by atoms with Gasteiger partial charge in [0, 0.05) is 65.6 Å². The summed E-state index contributed by atoms with van der Waals surface area (Å²) in [5, 5.41) is 4.56. The molecule has 5 heteroatoms. The number of fused-ring (bicyclic) bond motifs is 6. The van der Waals surface area contributed by atoms with Crippen molar-refractivity contribution in [2.24, 2.45) is 0 Å². The highest BCUT2D eigenvalue weighted by molar-refractivity contribution is 7.25. The third kappa shape index (κ3) is 4.71. The fourth-order valence-corrected chi connectivity index (χ4v) is 8.21. The van der Waals surface area contributed by atoms with Crippen LogP contribution in [0.25, 0.3) is 98.3 Å². The number of rotatable bonds is 5. The van der Waals surface area contributed by atoms with E-state index in [1.165, 1.54) is 20.2 Å². The third-order valence-electron chi connectivity index (χ3n) is 9.45. The maximum absolute atomic E-state index is 6.77. The standard InChI is InChI=1S/C45H27N3OS/c1-2-9-30(10-3-1)37-27-38(31-19-17-28(18-20-31)29-23-25-46-26-24-29)48-45(47-37)36-22-21-33(44-43(36)34-11-4-6-14-39(34)49-44)32-13-8-16-41-42(32)35-12-5-7-15-40(35)50-41/h1-27H. The molecule has 10 rings (SSSR count). The van der Waals surface area contributed by atoms with E-state index in [2.05, 4.69) is 114 Å². The molecule has 0 aliphatic carbocycles. The zero-order valence-electron chi connectivity index (χ0n) is 26.7. The molecule has 0 amide bonds. The molecule has 0 spiro atoms. The van der Waals surface area contributed by atoms with Crippen molar-refractivity contribution in [2.75, 3.05) is 0 Å². The fourth-order valence-electron chi connectivity index (χ4n) is 7.08. The highest BCUT2D eigenvalue weighted by Crippen LogP contribution is 2.46. The van der Waals surface area contributed by atoms with Gasteiger partial charge in [-0.25, -0.2) is 9.97 Å². The van der Waals surface area contributed by atoms with E-state index in [0.29, 0.717) is 5.82 Å². The number of hydrogen-bond acceptors (Lipinski definition) is 5. The molecule has 6 aromatic carbocycles. The fraction of sp³-hybridized carbons (Fsp3) is 0. The average Bonchev–Trinajstić information content (AvgIpc) is 3.77. The molecule has 0 radical (unpaired) electrons. The van der Waals surface area contributed by atoms with Gasteiger partial charge in [0.2, 0.25) is 0 Å². The molecule has 4 nitrogen and oxygen atoms in total. The maximum atomic E-state index is 6.77. The minimum Gasteiger partial charge on any atom is -0.455 e. The van der Waals surface area contributed by atoms with Gasteiger partial charge >= 0.3 is 0 Å². The number of hydrogen-bond donors (Lipinski definition) is 0. The molecule has 0 aliphatic rings. The Kier molecular flexibility index (Phi) is 6.64. The number of benzene rings is 6. The zero-order valence-corrected chi connectivity index (χ0v) is 27.6. The number of para-hydroxylation sites is 1. The maximum Gasteiger partial charge on any atom is 0.161 e. The van der Waals surface area contributed by atoms with Crippen LogP contribution in [0.1, 0.15) is 0 Å². The Hall–Kier alpha value is -6.43. The molecule has 0 unspecified atom stereocenters. The van der Waals surface area contributed by atoms with Crippen LogP contribution in [-0.4, -0.2) is 15.0 Å². The van der Waals surface area contributed by atoms with Crippen molar-refractivity contribution in [3.8, 4) is 56.2 Å². The summed E-state index contributed by atoms with van der Waals surface area (Å²) in [5.74, 6) is 0.654. The topological polar surface area (TPSA) is 51.8 Å². The monoisotopic (exact) mass is 657 g/mol. The van der Waals surface area contributed by atoms with Gasteiger partial charge < -0.3 is 4.42 Å². The summed E-state index contributed by atoms with van der Waals surface area (Å²) in [7, 11) is 0. The van der Waals surface area contributed by atoms with Crippen molar-refractivity contribution in [3.63, 3.8) is 0 Å². The van der Waals surface area contributed by atoms with Gasteiger partial charge in [-0.15, -0.1) is 11.3 Å². The molecular formula is C45H27N3OS. The van der Waals surface area contributed by atoms with Gasteiger partial charge in [0.05, 0.1) is 11.4 Å². The van der Waals surface area contributed by atoms with Crippen LogP contribution in [0.2, 0.25) is 0 Å². The predicted octanol–water partition coefficient (Wildman–Crippen LogP) is 12.5. The van der Waals surface area contributed by atoms with E-state index in [0.717, 1.165) is 72.3 Å². The number of nitrogens with zero attached hydrogens (tertiary/aromatic N) is 3. The van der Waals surface area contributed by atoms with Crippen LogP contribution in [-0.2, 0) is 0 Å². The second-order valence-corrected chi connectivity index (χ2v) is 13.5. The first kappa shape index (κ1) is 28.6. The number of furan rings is 1. The average molecular weight is 658 g/mol. The van der Waals surface area contributed by atoms with Crippen LogP contribution in [0.3, 0.4) is 0 Å². The molecule has 0 bridgehead atoms. The van der Waals surface area contributed by atoms with Crippen molar-refractivity contribution in [1.82, 2.24) is 15.0 Å². The Morgan fingerprint density at radius 1 is 0.440 bits per heavy atom. The summed E-state index contributed by atoms with van der Waals surface area (Å²) in [5.41, 5.74) is 10.8. The Morgan fingerprint density at radius 2 is 1.08 bits per heavy atom. The van der Waals surface area contributed by atoms with E-state index >= 15 is 0 Å². The van der Waals surface area contributed by atoms with E-state index < -0.39 is 0 Å². The predicted molar refractivity (Wildman–Crippen MR) is 207 cm³/mol. The third-order valence-corrected chi connectivity index (χ3v) is 10.6. The SMILES string of the molecule is c1ccc(-c2cc(-c3ccc(-c4ccncc4)cc3)nc(-c3ccc(-c4cccc5sc6ccccc6c45)c4oc5ccccc5c34)n2)cc1. The molecule has 0 fully saturated rings. The van der Waals surface area contributed by atoms with Gasteiger partial charge in [-0.1, -0.05) is 103 Å². The lowest BCUT2D eigenvalue weighted by atomic mass is 9.95. The van der Waals surface area contributed by atoms with Crippen LogP contribution in [0.4, 0.5) is 0 Å². The first-order chi connectivity index (χ1) is 24.8. The largest absolute Gasteiger partial charge is 0.455 e. The number of pyridine rings is 1. The van der Waals surface area contributed by atoms with Crippen molar-refractivity contribution in [3.05, 3.63) is 164 Å². The van der Waals surface area contributed by atoms with Crippen LogP contribution < -0.4 is 0 Å². The van der Waals surface area contributed by atoms with E-state index in [9.17, 15) is 0 Å². The van der Waals surface area contributed by atoms with E-state index in [4.69, 9.17) is 14.4 Å². The summed E-state index contributed by atoms with van der Waals surface area (Å²) < 4.78 is 9.30. The minimum atomic E-state index is 0.654. The Balaban J connectivity index is 1.21. The van der Waals surface area contributed by atoms with Crippen molar-refractivity contribution in [1.29, 1.82) is 0 Å². The van der Waals surface area contributed by atoms with Gasteiger partial charge in [0.15, 0.2) is 5.82 Å². The lowest BCUT2D eigenvalue weighted by Gasteiger charge is -2.12. The van der Waals surface area contributed by atoms with Crippen molar-refractivity contribution in [2.45, 2.75) is 0 Å². The lowest BCUT2D eigenvalue weighted by molar-refractivity contribution is 0.670. The second kappa shape index (κ2) is 11.6. The quantitative estimate of drug-likeness (QED) is 0.185. The van der Waals surface area contributed by atoms with Gasteiger partial charge in [0.25, 0.3) is 0 Å². The van der Waals surface area contributed by atoms with Crippen LogP contribution in [0.5, 0.6) is 0 Å². The number of thiophene rings is 1. The summed E-state index contributed by atoms with van der Waals surface area (Å²) >= 11 is 1.83. The smallest absolute Gasteiger partial charge is 0.161 e. The molecule has 0 saturated heterocycles. The zero-order chi connectivity index (χ0) is 33.0. The Morgan fingerprint density at radius 3 is 1.90 bits per heavy atom.